The van der Waals surface area contributed by atoms with Crippen molar-refractivity contribution in [1.29, 1.82) is 0 Å². The Morgan fingerprint density at radius 1 is 1.32 bits per heavy atom. The molecule has 0 atom stereocenters. The summed E-state index contributed by atoms with van der Waals surface area (Å²) in [5.41, 5.74) is 3.14. The Kier molecular flexibility index (Phi) is 3.95. The number of aromatic nitrogens is 5. The van der Waals surface area contributed by atoms with Crippen LogP contribution >= 0.6 is 0 Å². The van der Waals surface area contributed by atoms with E-state index in [1.165, 1.54) is 4.80 Å². The van der Waals surface area contributed by atoms with Crippen molar-refractivity contribution in [3.05, 3.63) is 59.9 Å². The van der Waals surface area contributed by atoms with Crippen molar-refractivity contribution < 1.29 is 4.79 Å². The average Bonchev–Trinajstić information content (AvgIpc) is 3.20. The first kappa shape index (κ1) is 14.0. The van der Waals surface area contributed by atoms with Crippen molar-refractivity contribution in [3.63, 3.8) is 0 Å². The minimum Gasteiger partial charge on any atom is -0.352 e. The molecule has 0 aliphatic carbocycles. The van der Waals surface area contributed by atoms with E-state index >= 15 is 0 Å². The molecule has 112 valence electrons. The molecule has 2 heterocycles. The average molecular weight is 296 g/mol. The number of H-pyrrole nitrogens is 1. The summed E-state index contributed by atoms with van der Waals surface area (Å²) >= 11 is 0. The third-order valence-corrected chi connectivity index (χ3v) is 3.25. The lowest BCUT2D eigenvalue weighted by atomic mass is 10.1. The Hall–Kier alpha value is -2.96. The lowest BCUT2D eigenvalue weighted by molar-refractivity contribution is 0.0953. The van der Waals surface area contributed by atoms with E-state index in [9.17, 15) is 4.79 Å². The molecule has 1 amide bonds. The minimum absolute atomic E-state index is 0.147. The third kappa shape index (κ3) is 3.03. The zero-order valence-corrected chi connectivity index (χ0v) is 12.2. The summed E-state index contributed by atoms with van der Waals surface area (Å²) in [7, 11) is 0. The Morgan fingerprint density at radius 3 is 2.86 bits per heavy atom. The largest absolute Gasteiger partial charge is 0.352 e. The van der Waals surface area contributed by atoms with E-state index in [-0.39, 0.29) is 5.91 Å². The maximum atomic E-state index is 12.4. The van der Waals surface area contributed by atoms with Crippen LogP contribution in [-0.2, 0) is 6.42 Å². The Labute approximate surface area is 127 Å². The van der Waals surface area contributed by atoms with E-state index in [4.69, 9.17) is 0 Å². The minimum atomic E-state index is -0.147. The van der Waals surface area contributed by atoms with Crippen LogP contribution in [0.25, 0.3) is 5.69 Å². The van der Waals surface area contributed by atoms with E-state index in [0.717, 1.165) is 11.3 Å². The molecule has 0 saturated heterocycles. The van der Waals surface area contributed by atoms with Gasteiger partial charge in [0, 0.05) is 19.2 Å². The smallest absolute Gasteiger partial charge is 0.253 e. The van der Waals surface area contributed by atoms with Crippen LogP contribution in [0, 0.1) is 6.92 Å². The summed E-state index contributed by atoms with van der Waals surface area (Å²) in [4.78, 5) is 20.9. The van der Waals surface area contributed by atoms with Crippen molar-refractivity contribution in [2.45, 2.75) is 13.3 Å². The molecule has 0 aliphatic heterocycles. The maximum Gasteiger partial charge on any atom is 0.253 e. The van der Waals surface area contributed by atoms with Gasteiger partial charge in [0.25, 0.3) is 5.91 Å². The number of nitrogens with one attached hydrogen (secondary N) is 2. The van der Waals surface area contributed by atoms with E-state index in [0.29, 0.717) is 24.2 Å². The Balaban J connectivity index is 1.75. The molecule has 22 heavy (non-hydrogen) atoms. The van der Waals surface area contributed by atoms with Gasteiger partial charge in [0.15, 0.2) is 0 Å². The highest BCUT2D eigenvalue weighted by Gasteiger charge is 2.14. The summed E-state index contributed by atoms with van der Waals surface area (Å²) in [6, 6.07) is 5.61. The zero-order valence-electron chi connectivity index (χ0n) is 12.2. The molecule has 1 aromatic carbocycles. The van der Waals surface area contributed by atoms with E-state index < -0.39 is 0 Å². The van der Waals surface area contributed by atoms with Gasteiger partial charge in [-0.05, 0) is 19.1 Å². The second kappa shape index (κ2) is 6.21. The fraction of sp³-hybridized carbons (Fsp3) is 0.200. The van der Waals surface area contributed by atoms with Crippen LogP contribution in [0.5, 0.6) is 0 Å². The fourth-order valence-corrected chi connectivity index (χ4v) is 2.17. The van der Waals surface area contributed by atoms with Crippen LogP contribution in [0.3, 0.4) is 0 Å². The molecular weight excluding hydrogens is 280 g/mol. The summed E-state index contributed by atoms with van der Waals surface area (Å²) < 4.78 is 0. The first-order chi connectivity index (χ1) is 10.7. The van der Waals surface area contributed by atoms with Gasteiger partial charge >= 0.3 is 0 Å². The van der Waals surface area contributed by atoms with Gasteiger partial charge in [0.05, 0.1) is 35.7 Å². The van der Waals surface area contributed by atoms with Crippen LogP contribution in [0.4, 0.5) is 0 Å². The monoisotopic (exact) mass is 296 g/mol. The van der Waals surface area contributed by atoms with Gasteiger partial charge in [0.1, 0.15) is 0 Å². The van der Waals surface area contributed by atoms with Crippen LogP contribution in [0.1, 0.15) is 21.6 Å². The summed E-state index contributed by atoms with van der Waals surface area (Å²) in [6.07, 6.45) is 7.28. The SMILES string of the molecule is Cc1ccc(-n2nccn2)c(C(=O)NCCc2c[nH]cn2)c1. The lowest BCUT2D eigenvalue weighted by Gasteiger charge is -2.10. The Bertz CT molecular complexity index is 748. The van der Waals surface area contributed by atoms with Crippen molar-refractivity contribution in [2.75, 3.05) is 6.54 Å². The highest BCUT2D eigenvalue weighted by atomic mass is 16.1. The van der Waals surface area contributed by atoms with E-state index in [1.54, 1.807) is 18.7 Å². The van der Waals surface area contributed by atoms with Crippen molar-refractivity contribution in [2.24, 2.45) is 0 Å². The lowest BCUT2D eigenvalue weighted by Crippen LogP contribution is -2.27. The van der Waals surface area contributed by atoms with Crippen LogP contribution in [0.2, 0.25) is 0 Å². The maximum absolute atomic E-state index is 12.4. The van der Waals surface area contributed by atoms with Gasteiger partial charge in [-0.25, -0.2) is 4.98 Å². The number of hydrogen-bond donors (Lipinski definition) is 2. The number of rotatable bonds is 5. The molecule has 7 nitrogen and oxygen atoms in total. The summed E-state index contributed by atoms with van der Waals surface area (Å²) in [5, 5.41) is 11.1. The molecule has 0 radical (unpaired) electrons. The Morgan fingerprint density at radius 2 is 2.14 bits per heavy atom. The predicted octanol–water partition coefficient (Wildman–Crippen LogP) is 1.27. The van der Waals surface area contributed by atoms with E-state index in [1.807, 2.05) is 31.3 Å². The predicted molar refractivity (Wildman–Crippen MR) is 80.7 cm³/mol. The number of carbonyl (C=O) groups is 1. The molecule has 2 N–H and O–H groups in total. The second-order valence-electron chi connectivity index (χ2n) is 4.91. The number of benzene rings is 1. The van der Waals surface area contributed by atoms with Crippen LogP contribution < -0.4 is 5.32 Å². The zero-order chi connectivity index (χ0) is 15.4. The molecule has 0 spiro atoms. The highest BCUT2D eigenvalue weighted by Crippen LogP contribution is 2.15. The molecule has 3 rings (SSSR count). The molecule has 0 saturated carbocycles. The molecule has 2 aromatic heterocycles. The molecule has 7 heteroatoms. The molecule has 0 aliphatic rings. The normalized spacial score (nSPS) is 10.6. The van der Waals surface area contributed by atoms with Gasteiger partial charge in [-0.3, -0.25) is 4.79 Å². The fourth-order valence-electron chi connectivity index (χ4n) is 2.17. The third-order valence-electron chi connectivity index (χ3n) is 3.25. The molecular formula is C15H16N6O. The van der Waals surface area contributed by atoms with Gasteiger partial charge < -0.3 is 10.3 Å². The second-order valence-corrected chi connectivity index (χ2v) is 4.91. The van der Waals surface area contributed by atoms with Gasteiger partial charge in [0.2, 0.25) is 0 Å². The number of aryl methyl sites for hydroxylation is 1. The van der Waals surface area contributed by atoms with Gasteiger partial charge in [-0.1, -0.05) is 11.6 Å². The van der Waals surface area contributed by atoms with Crippen molar-refractivity contribution >= 4 is 5.91 Å². The molecule has 3 aromatic rings. The van der Waals surface area contributed by atoms with Crippen LogP contribution in [-0.4, -0.2) is 37.4 Å². The van der Waals surface area contributed by atoms with Crippen LogP contribution in [0.15, 0.2) is 43.1 Å². The topological polar surface area (TPSA) is 88.5 Å². The van der Waals surface area contributed by atoms with E-state index in [2.05, 4.69) is 25.5 Å². The first-order valence-corrected chi connectivity index (χ1v) is 6.97. The number of aromatic amines is 1. The first-order valence-electron chi connectivity index (χ1n) is 6.97. The number of carbonyl (C=O) groups excluding carboxylic acids is 1. The number of nitrogens with zero attached hydrogens (tertiary/aromatic N) is 4. The van der Waals surface area contributed by atoms with Crippen molar-refractivity contribution in [1.82, 2.24) is 30.3 Å². The van der Waals surface area contributed by atoms with Gasteiger partial charge in [-0.2, -0.15) is 15.0 Å². The number of imidazole rings is 1. The highest BCUT2D eigenvalue weighted by molar-refractivity contribution is 5.97. The quantitative estimate of drug-likeness (QED) is 0.742. The van der Waals surface area contributed by atoms with Gasteiger partial charge in [-0.15, -0.1) is 0 Å². The standard InChI is InChI=1S/C15H16N6O/c1-11-2-3-14(21-19-6-7-20-21)13(8-11)15(22)17-5-4-12-9-16-10-18-12/h2-3,6-10H,4-5H2,1H3,(H,16,18)(H,17,22). The number of amides is 1. The van der Waals surface area contributed by atoms with Crippen molar-refractivity contribution in [3.8, 4) is 5.69 Å². The molecule has 0 bridgehead atoms. The molecule has 0 fully saturated rings. The molecule has 0 unspecified atom stereocenters. The summed E-state index contributed by atoms with van der Waals surface area (Å²) in [5.74, 6) is -0.147. The number of hydrogen-bond acceptors (Lipinski definition) is 4. The summed E-state index contributed by atoms with van der Waals surface area (Å²) in [6.45, 7) is 2.46.